The second kappa shape index (κ2) is 41.2. The topological polar surface area (TPSA) is 93.1 Å². The first-order valence-corrected chi connectivity index (χ1v) is 21.6. The van der Waals surface area contributed by atoms with Crippen LogP contribution in [0.15, 0.2) is 24.3 Å². The average molecular weight is 850 g/mol. The Hall–Kier alpha value is -0.970. The molecule has 7 nitrogen and oxygen atoms in total. The SMILES string of the molecule is CCCCCCCC/C=C\CCCCCCCC(=O)OCC(C[N+](C)(CCO)CCO)OC(=O)CCCCCCC/C=C\CCCCCCCC.[I-]. The van der Waals surface area contributed by atoms with Crippen LogP contribution < -0.4 is 24.0 Å². The van der Waals surface area contributed by atoms with E-state index in [1.54, 1.807) is 0 Å². The standard InChI is InChI=1S/C44H84NO6.HI/c1-4-6-8-10-12-14-16-18-20-22-24-26-28-30-32-34-43(48)50-41-42(40-45(3,36-38-46)37-39-47)51-44(49)35-33-31-29-27-25-23-21-19-17-15-13-11-9-7-5-2;/h18-21,42,46-47H,4-17,22-41H2,1-3H3;1H/q+1;/p-1/b20-18-,21-19-;. The van der Waals surface area contributed by atoms with Gasteiger partial charge < -0.3 is 48.1 Å². The number of hydrogen-bond acceptors (Lipinski definition) is 6. The maximum Gasteiger partial charge on any atom is 0.306 e. The Labute approximate surface area is 338 Å². The van der Waals surface area contributed by atoms with Gasteiger partial charge in [-0.2, -0.15) is 0 Å². The van der Waals surface area contributed by atoms with Crippen molar-refractivity contribution in [1.82, 2.24) is 0 Å². The summed E-state index contributed by atoms with van der Waals surface area (Å²) in [5, 5.41) is 19.2. The molecule has 0 rings (SSSR count). The number of unbranched alkanes of at least 4 members (excludes halogenated alkanes) is 22. The third-order valence-electron chi connectivity index (χ3n) is 9.94. The fourth-order valence-corrected chi connectivity index (χ4v) is 6.58. The quantitative estimate of drug-likeness (QED) is 0.0215. The zero-order chi connectivity index (χ0) is 37.5. The largest absolute Gasteiger partial charge is 1.00 e. The van der Waals surface area contributed by atoms with Gasteiger partial charge in [0.05, 0.1) is 20.3 Å². The molecule has 0 radical (unpaired) electrons. The summed E-state index contributed by atoms with van der Waals surface area (Å²) < 4.78 is 11.8. The molecule has 0 spiro atoms. The second-order valence-electron chi connectivity index (χ2n) is 15.2. The number of carbonyl (C=O) groups excluding carboxylic acids is 2. The molecule has 308 valence electrons. The normalized spacial score (nSPS) is 12.4. The maximum atomic E-state index is 12.8. The van der Waals surface area contributed by atoms with Crippen molar-refractivity contribution in [2.75, 3.05) is 46.5 Å². The minimum atomic E-state index is -0.609. The van der Waals surface area contributed by atoms with Crippen LogP contribution in [-0.4, -0.2) is 79.2 Å². The molecular weight excluding hydrogens is 765 g/mol. The molecule has 0 heterocycles. The molecule has 0 aromatic carbocycles. The lowest BCUT2D eigenvalue weighted by Gasteiger charge is -2.36. The van der Waals surface area contributed by atoms with Crippen molar-refractivity contribution in [3.05, 3.63) is 24.3 Å². The van der Waals surface area contributed by atoms with Crippen molar-refractivity contribution in [2.24, 2.45) is 0 Å². The molecule has 0 fully saturated rings. The molecule has 2 N–H and O–H groups in total. The minimum Gasteiger partial charge on any atom is -1.00 e. The van der Waals surface area contributed by atoms with E-state index in [0.29, 0.717) is 37.0 Å². The van der Waals surface area contributed by atoms with E-state index in [4.69, 9.17) is 9.47 Å². The Bertz CT molecular complexity index is 830. The summed E-state index contributed by atoms with van der Waals surface area (Å²) in [4.78, 5) is 25.3. The number of carbonyl (C=O) groups is 2. The van der Waals surface area contributed by atoms with E-state index in [-0.39, 0.29) is 55.7 Å². The zero-order valence-corrected chi connectivity index (χ0v) is 36.4. The van der Waals surface area contributed by atoms with Crippen LogP contribution in [0.1, 0.15) is 194 Å². The number of nitrogens with zero attached hydrogens (tertiary/aromatic N) is 1. The van der Waals surface area contributed by atoms with E-state index in [0.717, 1.165) is 51.4 Å². The van der Waals surface area contributed by atoms with Crippen LogP contribution in [0.25, 0.3) is 0 Å². The summed E-state index contributed by atoms with van der Waals surface area (Å²) in [5.74, 6) is -0.532. The fourth-order valence-electron chi connectivity index (χ4n) is 6.58. The van der Waals surface area contributed by atoms with Crippen molar-refractivity contribution in [2.45, 2.75) is 200 Å². The Kier molecular flexibility index (Phi) is 42.1. The van der Waals surface area contributed by atoms with Crippen LogP contribution in [0, 0.1) is 0 Å². The number of quaternary nitrogens is 1. The molecule has 0 aliphatic rings. The lowest BCUT2D eigenvalue weighted by Crippen LogP contribution is -3.00. The number of hydrogen-bond donors (Lipinski definition) is 2. The summed E-state index contributed by atoms with van der Waals surface area (Å²) >= 11 is 0. The highest BCUT2D eigenvalue weighted by molar-refractivity contribution is 5.70. The first-order chi connectivity index (χ1) is 24.9. The highest BCUT2D eigenvalue weighted by atomic mass is 127. The van der Waals surface area contributed by atoms with Gasteiger partial charge in [0, 0.05) is 12.8 Å². The Morgan fingerprint density at radius 3 is 1.27 bits per heavy atom. The van der Waals surface area contributed by atoms with E-state index in [2.05, 4.69) is 38.2 Å². The van der Waals surface area contributed by atoms with Gasteiger partial charge in [-0.25, -0.2) is 0 Å². The van der Waals surface area contributed by atoms with E-state index >= 15 is 0 Å². The van der Waals surface area contributed by atoms with E-state index in [1.807, 2.05) is 7.05 Å². The summed E-state index contributed by atoms with van der Waals surface area (Å²) in [6.45, 7) is 5.66. The molecular formula is C44H84INO6. The summed E-state index contributed by atoms with van der Waals surface area (Å²) in [6, 6.07) is 0. The van der Waals surface area contributed by atoms with Crippen molar-refractivity contribution < 1.29 is 57.7 Å². The first kappa shape index (κ1) is 53.1. The molecule has 1 unspecified atom stereocenters. The molecule has 8 heteroatoms. The second-order valence-corrected chi connectivity index (χ2v) is 15.2. The van der Waals surface area contributed by atoms with Crippen molar-refractivity contribution in [3.8, 4) is 0 Å². The number of rotatable bonds is 39. The highest BCUT2D eigenvalue weighted by Gasteiger charge is 2.29. The van der Waals surface area contributed by atoms with Crippen LogP contribution in [-0.2, 0) is 19.1 Å². The van der Waals surface area contributed by atoms with Gasteiger partial charge in [-0.1, -0.05) is 141 Å². The number of aliphatic hydroxyl groups excluding tert-OH is 2. The third kappa shape index (κ3) is 37.3. The Morgan fingerprint density at radius 2 is 0.885 bits per heavy atom. The molecule has 0 saturated carbocycles. The summed E-state index contributed by atoms with van der Waals surface area (Å²) in [6.07, 6.45) is 40.8. The van der Waals surface area contributed by atoms with Gasteiger partial charge >= 0.3 is 11.9 Å². The lowest BCUT2D eigenvalue weighted by atomic mass is 10.1. The van der Waals surface area contributed by atoms with Gasteiger partial charge in [0.15, 0.2) is 6.10 Å². The molecule has 52 heavy (non-hydrogen) atoms. The zero-order valence-electron chi connectivity index (χ0n) is 34.3. The number of esters is 2. The molecule has 0 aromatic heterocycles. The van der Waals surface area contributed by atoms with Gasteiger partial charge in [-0.15, -0.1) is 0 Å². The van der Waals surface area contributed by atoms with Crippen LogP contribution in [0.4, 0.5) is 0 Å². The molecule has 0 amide bonds. The van der Waals surface area contributed by atoms with Gasteiger partial charge in [-0.05, 0) is 64.2 Å². The van der Waals surface area contributed by atoms with Crippen molar-refractivity contribution in [1.29, 1.82) is 0 Å². The average Bonchev–Trinajstić information content (AvgIpc) is 3.10. The van der Waals surface area contributed by atoms with Gasteiger partial charge in [0.1, 0.15) is 26.2 Å². The van der Waals surface area contributed by atoms with E-state index in [1.165, 1.54) is 116 Å². The highest BCUT2D eigenvalue weighted by Crippen LogP contribution is 2.14. The van der Waals surface area contributed by atoms with Gasteiger partial charge in [0.2, 0.25) is 0 Å². The van der Waals surface area contributed by atoms with Crippen LogP contribution >= 0.6 is 0 Å². The van der Waals surface area contributed by atoms with Gasteiger partial charge in [0.25, 0.3) is 0 Å². The maximum absolute atomic E-state index is 12.8. The molecule has 0 aliphatic carbocycles. The number of allylic oxidation sites excluding steroid dienone is 4. The third-order valence-corrected chi connectivity index (χ3v) is 9.94. The Balaban J connectivity index is 0. The molecule has 1 atom stereocenters. The fraction of sp³-hybridized carbons (Fsp3) is 0.864. The summed E-state index contributed by atoms with van der Waals surface area (Å²) in [5.41, 5.74) is 0. The van der Waals surface area contributed by atoms with Crippen LogP contribution in [0.3, 0.4) is 0 Å². The van der Waals surface area contributed by atoms with Crippen molar-refractivity contribution in [3.63, 3.8) is 0 Å². The minimum absolute atomic E-state index is 0. The first-order valence-electron chi connectivity index (χ1n) is 21.6. The summed E-state index contributed by atoms with van der Waals surface area (Å²) in [7, 11) is 1.92. The van der Waals surface area contributed by atoms with E-state index in [9.17, 15) is 19.8 Å². The van der Waals surface area contributed by atoms with Gasteiger partial charge in [-0.3, -0.25) is 9.59 Å². The Morgan fingerprint density at radius 1 is 0.538 bits per heavy atom. The number of likely N-dealkylation sites (N-methyl/N-ethyl adjacent to an activating group) is 1. The predicted octanol–water partition coefficient (Wildman–Crippen LogP) is 7.95. The molecule has 0 bridgehead atoms. The monoisotopic (exact) mass is 850 g/mol. The molecule has 0 aromatic rings. The van der Waals surface area contributed by atoms with Crippen molar-refractivity contribution >= 4 is 11.9 Å². The smallest absolute Gasteiger partial charge is 0.306 e. The number of ether oxygens (including phenoxy) is 2. The molecule has 0 saturated heterocycles. The number of halogens is 1. The van der Waals surface area contributed by atoms with E-state index < -0.39 is 6.10 Å². The molecule has 0 aliphatic heterocycles. The van der Waals surface area contributed by atoms with Crippen LogP contribution in [0.5, 0.6) is 0 Å². The van der Waals surface area contributed by atoms with Crippen LogP contribution in [0.2, 0.25) is 0 Å². The number of aliphatic hydroxyl groups is 2. The lowest BCUT2D eigenvalue weighted by molar-refractivity contribution is -0.912. The predicted molar refractivity (Wildman–Crippen MR) is 215 cm³/mol.